The number of ether oxygens (including phenoxy) is 4. The summed E-state index contributed by atoms with van der Waals surface area (Å²) in [5, 5.41) is 6.49. The molecule has 336 valence electrons. The van der Waals surface area contributed by atoms with E-state index in [-0.39, 0.29) is 29.7 Å². The minimum atomic E-state index is -0.296. The summed E-state index contributed by atoms with van der Waals surface area (Å²) in [4.78, 5) is 65.0. The second-order valence-corrected chi connectivity index (χ2v) is 17.4. The zero-order valence-corrected chi connectivity index (χ0v) is 38.1. The van der Waals surface area contributed by atoms with Crippen LogP contribution in [0.3, 0.4) is 0 Å². The molecule has 2 aliphatic rings. The molecule has 0 saturated heterocycles. The molecule has 6 aromatic carbocycles. The van der Waals surface area contributed by atoms with Gasteiger partial charge in [-0.25, -0.2) is 0 Å². The number of carbonyl (C=O) groups excluding carboxylic acids is 4. The molecule has 0 fully saturated rings. The van der Waals surface area contributed by atoms with Crippen LogP contribution >= 0.6 is 0 Å². The highest BCUT2D eigenvalue weighted by Crippen LogP contribution is 2.46. The summed E-state index contributed by atoms with van der Waals surface area (Å²) in [6.45, 7) is 3.59. The Bertz CT molecular complexity index is 2570. The van der Waals surface area contributed by atoms with Crippen molar-refractivity contribution in [3.63, 3.8) is 0 Å². The van der Waals surface area contributed by atoms with Gasteiger partial charge >= 0.3 is 0 Å². The molecule has 0 aliphatic carbocycles. The van der Waals surface area contributed by atoms with Crippen LogP contribution in [0, 0.1) is 0 Å². The molecule has 2 aliphatic heterocycles. The van der Waals surface area contributed by atoms with Crippen molar-refractivity contribution in [2.75, 3.05) is 98.4 Å². The van der Waals surface area contributed by atoms with Gasteiger partial charge in [0.1, 0.15) is 0 Å². The van der Waals surface area contributed by atoms with Gasteiger partial charge < -0.3 is 28.7 Å². The summed E-state index contributed by atoms with van der Waals surface area (Å²) < 4.78 is 21.6. The third-order valence-corrected chi connectivity index (χ3v) is 13.0. The SMILES string of the molecule is COCCOCCCCC(CCCCOCCOC)N1C(=O)c2ccc3c4ccc5c6c(ccc(c7ccc(c2c37)C1=O)c64)C(=O)N(CCCc1cc(N(C)C)ccc1N(C)C)C5=O. The number of carbonyl (C=O) groups is 4. The van der Waals surface area contributed by atoms with Crippen molar-refractivity contribution in [3.05, 3.63) is 94.5 Å². The molecular formula is C52H60N4O8. The van der Waals surface area contributed by atoms with Crippen molar-refractivity contribution >= 4 is 78.1 Å². The average Bonchev–Trinajstić information content (AvgIpc) is 3.29. The molecule has 0 saturated carbocycles. The van der Waals surface area contributed by atoms with Crippen molar-refractivity contribution in [1.82, 2.24) is 9.80 Å². The van der Waals surface area contributed by atoms with Crippen LogP contribution in [0.4, 0.5) is 11.4 Å². The number of aryl methyl sites for hydroxylation is 1. The Balaban J connectivity index is 1.09. The predicted octanol–water partition coefficient (Wildman–Crippen LogP) is 8.73. The largest absolute Gasteiger partial charge is 0.382 e. The maximum atomic E-state index is 14.7. The van der Waals surface area contributed by atoms with Gasteiger partial charge in [0.2, 0.25) is 0 Å². The number of amides is 4. The first-order valence-electron chi connectivity index (χ1n) is 22.6. The molecule has 0 radical (unpaired) electrons. The molecule has 0 N–H and O–H groups in total. The van der Waals surface area contributed by atoms with Gasteiger partial charge in [0, 0.05) is 113 Å². The van der Waals surface area contributed by atoms with Crippen LogP contribution in [0.2, 0.25) is 0 Å². The fraction of sp³-hybridized carbons (Fsp3) is 0.423. The van der Waals surface area contributed by atoms with Gasteiger partial charge in [-0.3, -0.25) is 29.0 Å². The first-order valence-corrected chi connectivity index (χ1v) is 22.6. The maximum absolute atomic E-state index is 14.7. The lowest BCUT2D eigenvalue weighted by atomic mass is 9.82. The molecule has 0 aromatic heterocycles. The van der Waals surface area contributed by atoms with Crippen LogP contribution in [-0.2, 0) is 25.4 Å². The molecule has 4 amide bonds. The van der Waals surface area contributed by atoms with E-state index in [1.165, 1.54) is 9.80 Å². The topological polar surface area (TPSA) is 118 Å². The van der Waals surface area contributed by atoms with Crippen molar-refractivity contribution < 1.29 is 38.1 Å². The Morgan fingerprint density at radius 3 is 1.41 bits per heavy atom. The molecule has 0 spiro atoms. The van der Waals surface area contributed by atoms with Crippen LogP contribution in [-0.4, -0.2) is 128 Å². The third kappa shape index (κ3) is 8.40. The van der Waals surface area contributed by atoms with E-state index in [1.54, 1.807) is 14.2 Å². The Kier molecular flexibility index (Phi) is 13.8. The highest BCUT2D eigenvalue weighted by atomic mass is 16.5. The number of methoxy groups -OCH3 is 2. The summed E-state index contributed by atoms with van der Waals surface area (Å²) in [7, 11) is 11.4. The third-order valence-electron chi connectivity index (χ3n) is 13.0. The number of benzene rings is 6. The monoisotopic (exact) mass is 868 g/mol. The quantitative estimate of drug-likeness (QED) is 0.0268. The highest BCUT2D eigenvalue weighted by molar-refractivity contribution is 6.41. The Hall–Kier alpha value is -5.66. The van der Waals surface area contributed by atoms with E-state index >= 15 is 0 Å². The van der Waals surface area contributed by atoms with Gasteiger partial charge in [-0.1, -0.05) is 24.3 Å². The minimum Gasteiger partial charge on any atom is -0.382 e. The van der Waals surface area contributed by atoms with Crippen LogP contribution in [0.25, 0.3) is 43.1 Å². The second kappa shape index (κ2) is 19.6. The van der Waals surface area contributed by atoms with Crippen molar-refractivity contribution in [2.24, 2.45) is 0 Å². The number of unbranched alkanes of at least 4 members (excludes halogenated alkanes) is 2. The maximum Gasteiger partial charge on any atom is 0.261 e. The molecule has 64 heavy (non-hydrogen) atoms. The first kappa shape index (κ1) is 44.9. The van der Waals surface area contributed by atoms with E-state index in [0.29, 0.717) is 105 Å². The molecule has 0 bridgehead atoms. The highest BCUT2D eigenvalue weighted by Gasteiger charge is 2.39. The van der Waals surface area contributed by atoms with E-state index in [0.717, 1.165) is 74.9 Å². The summed E-state index contributed by atoms with van der Waals surface area (Å²) in [6, 6.07) is 21.4. The number of rotatable bonds is 23. The number of nitrogens with zero attached hydrogens (tertiary/aromatic N) is 4. The van der Waals surface area contributed by atoms with E-state index in [1.807, 2.05) is 76.7 Å². The van der Waals surface area contributed by atoms with Gasteiger partial charge in [0.05, 0.1) is 26.4 Å². The molecule has 12 heteroatoms. The standard InChI is InChI=1S/C52H60N4O8/c1-53(2)35-15-24-44(54(3)4)33(32-35)12-11-25-55-49(57)40-20-16-36-38-18-22-42-48-43(23-19-39(46(38)48)37-17-21-41(50(55)58)47(40)45(36)37)52(60)56(51(42)59)34(13-7-9-26-63-30-28-61-5)14-8-10-27-64-31-29-62-6/h15-24,32,34H,7-14,25-31H2,1-6H3. The summed E-state index contributed by atoms with van der Waals surface area (Å²) in [5.41, 5.74) is 5.39. The fourth-order valence-corrected chi connectivity index (χ4v) is 9.84. The number of fused-ring (bicyclic) bond motifs is 2. The molecule has 2 heterocycles. The number of hydrogen-bond acceptors (Lipinski definition) is 10. The fourth-order valence-electron chi connectivity index (χ4n) is 9.84. The number of hydrogen-bond donors (Lipinski definition) is 0. The first-order chi connectivity index (χ1) is 31.1. The summed E-state index contributed by atoms with van der Waals surface area (Å²) in [6.07, 6.45) is 5.88. The molecule has 0 atom stereocenters. The molecule has 8 rings (SSSR count). The molecule has 6 aromatic rings. The van der Waals surface area contributed by atoms with E-state index in [9.17, 15) is 19.2 Å². The molecule has 0 unspecified atom stereocenters. The minimum absolute atomic E-state index is 0.283. The van der Waals surface area contributed by atoms with Gasteiger partial charge in [0.15, 0.2) is 0 Å². The van der Waals surface area contributed by atoms with Crippen LogP contribution in [0.15, 0.2) is 66.7 Å². The lowest BCUT2D eigenvalue weighted by Gasteiger charge is -2.35. The Morgan fingerprint density at radius 1 is 0.500 bits per heavy atom. The lowest BCUT2D eigenvalue weighted by Crippen LogP contribution is -2.47. The zero-order chi connectivity index (χ0) is 45.1. The van der Waals surface area contributed by atoms with E-state index in [4.69, 9.17) is 18.9 Å². The van der Waals surface area contributed by atoms with Gasteiger partial charge in [0.25, 0.3) is 23.6 Å². The zero-order valence-electron chi connectivity index (χ0n) is 38.1. The smallest absolute Gasteiger partial charge is 0.261 e. The van der Waals surface area contributed by atoms with Crippen molar-refractivity contribution in [2.45, 2.75) is 57.4 Å². The van der Waals surface area contributed by atoms with Crippen LogP contribution in [0.1, 0.15) is 91.9 Å². The molecular weight excluding hydrogens is 809 g/mol. The normalized spacial score (nSPS) is 13.9. The number of anilines is 2. The summed E-state index contributed by atoms with van der Waals surface area (Å²) >= 11 is 0. The Morgan fingerprint density at radius 2 is 0.969 bits per heavy atom. The predicted molar refractivity (Wildman–Crippen MR) is 254 cm³/mol. The van der Waals surface area contributed by atoms with Crippen molar-refractivity contribution in [3.8, 4) is 0 Å². The number of imide groups is 2. The summed E-state index contributed by atoms with van der Waals surface area (Å²) in [5.74, 6) is -1.16. The second-order valence-electron chi connectivity index (χ2n) is 17.4. The van der Waals surface area contributed by atoms with Crippen LogP contribution in [0.5, 0.6) is 0 Å². The molecule has 12 nitrogen and oxygen atoms in total. The van der Waals surface area contributed by atoms with Crippen molar-refractivity contribution in [1.29, 1.82) is 0 Å². The van der Waals surface area contributed by atoms with E-state index < -0.39 is 0 Å². The van der Waals surface area contributed by atoms with Gasteiger partial charge in [-0.2, -0.15) is 0 Å². The average molecular weight is 869 g/mol. The Labute approximate surface area is 375 Å². The lowest BCUT2D eigenvalue weighted by molar-refractivity contribution is 0.0493. The van der Waals surface area contributed by atoms with Crippen LogP contribution < -0.4 is 9.80 Å². The van der Waals surface area contributed by atoms with E-state index in [2.05, 4.69) is 28.0 Å². The van der Waals surface area contributed by atoms with Gasteiger partial charge in [-0.05, 0) is 132 Å². The van der Waals surface area contributed by atoms with Gasteiger partial charge in [-0.15, -0.1) is 0 Å².